The quantitative estimate of drug-likeness (QED) is 0.608. The van der Waals surface area contributed by atoms with Crippen molar-refractivity contribution in [1.82, 2.24) is 29.0 Å². The summed E-state index contributed by atoms with van der Waals surface area (Å²) in [6.07, 6.45) is 7.98. The lowest BCUT2D eigenvalue weighted by Crippen LogP contribution is -2.27. The number of nitrogens with two attached hydrogens (primary N) is 1. The van der Waals surface area contributed by atoms with E-state index in [1.54, 1.807) is 9.13 Å². The first-order chi connectivity index (χ1) is 14.4. The smallest absolute Gasteiger partial charge is 0.330 e. The Balaban J connectivity index is 1.74. The Morgan fingerprint density at radius 1 is 1.13 bits per heavy atom. The lowest BCUT2D eigenvalue weighted by atomic mass is 10.0. The molecule has 0 fully saturated rings. The molecule has 0 aromatic carbocycles. The summed E-state index contributed by atoms with van der Waals surface area (Å²) < 4.78 is 3.26. The second kappa shape index (κ2) is 8.10. The number of nitrogens with zero attached hydrogens (tertiary/aromatic N) is 6. The van der Waals surface area contributed by atoms with Gasteiger partial charge in [-0.15, -0.1) is 0 Å². The Labute approximate surface area is 180 Å². The lowest BCUT2D eigenvalue weighted by Gasteiger charge is -2.15. The molecule has 0 unspecified atom stereocenters. The summed E-state index contributed by atoms with van der Waals surface area (Å²) in [5.41, 5.74) is 10.8. The van der Waals surface area contributed by atoms with Crippen LogP contribution in [0.3, 0.4) is 0 Å². The number of fused-ring (bicyclic) bond motifs is 1. The highest BCUT2D eigenvalue weighted by Gasteiger charge is 2.20. The van der Waals surface area contributed by atoms with Gasteiger partial charge in [0.25, 0.3) is 0 Å². The van der Waals surface area contributed by atoms with Crippen LogP contribution in [0.15, 0.2) is 23.3 Å². The number of aromatic nitrogens is 5. The highest BCUT2D eigenvalue weighted by atomic mass is 35.5. The van der Waals surface area contributed by atoms with Crippen molar-refractivity contribution in [1.29, 1.82) is 0 Å². The zero-order valence-corrected chi connectivity index (χ0v) is 18.3. The zero-order valence-electron chi connectivity index (χ0n) is 17.5. The van der Waals surface area contributed by atoms with Gasteiger partial charge in [-0.3, -0.25) is 14.1 Å². The van der Waals surface area contributed by atoms with E-state index in [4.69, 9.17) is 17.3 Å². The molecule has 2 N–H and O–H groups in total. The summed E-state index contributed by atoms with van der Waals surface area (Å²) in [7, 11) is 0. The van der Waals surface area contributed by atoms with E-state index in [1.165, 1.54) is 5.56 Å². The molecular formula is C21H26ClN7O. The molecule has 8 nitrogen and oxygen atoms in total. The number of nitrogen functional groups attached to an aromatic ring is 1. The molecule has 0 aliphatic carbocycles. The minimum absolute atomic E-state index is 0.0466. The topological polar surface area (TPSA) is 94.9 Å². The third kappa shape index (κ3) is 3.67. The Hall–Kier alpha value is -2.87. The van der Waals surface area contributed by atoms with Crippen LogP contribution in [0.25, 0.3) is 11.2 Å². The second-order valence-electron chi connectivity index (χ2n) is 7.77. The van der Waals surface area contributed by atoms with Crippen LogP contribution in [0.5, 0.6) is 0 Å². The molecule has 0 spiro atoms. The van der Waals surface area contributed by atoms with E-state index >= 15 is 0 Å². The van der Waals surface area contributed by atoms with Crippen LogP contribution in [0, 0.1) is 20.8 Å². The number of anilines is 1. The van der Waals surface area contributed by atoms with Gasteiger partial charge in [0.1, 0.15) is 5.52 Å². The molecule has 0 saturated heterocycles. The van der Waals surface area contributed by atoms with E-state index in [0.717, 1.165) is 42.8 Å². The predicted molar refractivity (Wildman–Crippen MR) is 119 cm³/mol. The molecule has 0 bridgehead atoms. The van der Waals surface area contributed by atoms with Gasteiger partial charge >= 0.3 is 5.69 Å². The van der Waals surface area contributed by atoms with E-state index in [2.05, 4.69) is 39.1 Å². The molecule has 9 heteroatoms. The van der Waals surface area contributed by atoms with Crippen molar-refractivity contribution in [3.63, 3.8) is 0 Å². The molecule has 4 rings (SSSR count). The first-order valence-corrected chi connectivity index (χ1v) is 10.5. The van der Waals surface area contributed by atoms with Crippen molar-refractivity contribution in [2.24, 2.45) is 0 Å². The van der Waals surface area contributed by atoms with Crippen molar-refractivity contribution in [2.45, 2.75) is 46.7 Å². The zero-order chi connectivity index (χ0) is 21.4. The average Bonchev–Trinajstić information content (AvgIpc) is 3.30. The minimum atomic E-state index is -0.178. The van der Waals surface area contributed by atoms with Crippen molar-refractivity contribution in [3.05, 3.63) is 56.5 Å². The average molecular weight is 428 g/mol. The first-order valence-electron chi connectivity index (χ1n) is 10.1. The van der Waals surface area contributed by atoms with Gasteiger partial charge in [0, 0.05) is 25.8 Å². The van der Waals surface area contributed by atoms with Gasteiger partial charge in [0.15, 0.2) is 10.8 Å². The maximum absolute atomic E-state index is 13.3. The number of hydrogen-bond donors (Lipinski definition) is 1. The molecule has 30 heavy (non-hydrogen) atoms. The van der Waals surface area contributed by atoms with Gasteiger partial charge in [-0.25, -0.2) is 4.79 Å². The van der Waals surface area contributed by atoms with Crippen molar-refractivity contribution >= 4 is 28.7 Å². The maximum Gasteiger partial charge on any atom is 0.330 e. The molecule has 3 aromatic heterocycles. The molecule has 0 radical (unpaired) electrons. The summed E-state index contributed by atoms with van der Waals surface area (Å²) in [5, 5.41) is 0.194. The Morgan fingerprint density at radius 2 is 1.93 bits per heavy atom. The molecule has 158 valence electrons. The van der Waals surface area contributed by atoms with Gasteiger partial charge in [0.2, 0.25) is 5.95 Å². The molecule has 1 aliphatic rings. The standard InChI is InChI=1S/C21H26ClN7O/c1-13-11-24-16(15(3)14(13)2)12-29-19-17(18(22)25-20(23)26-19)28(21(29)30)10-6-9-27-7-4-5-8-27/h4,7,11H,5-6,8-10,12H2,1-3H3,(H2,23,25,26). The van der Waals surface area contributed by atoms with Crippen molar-refractivity contribution in [3.8, 4) is 0 Å². The van der Waals surface area contributed by atoms with Crippen LogP contribution >= 0.6 is 11.6 Å². The van der Waals surface area contributed by atoms with E-state index in [9.17, 15) is 4.79 Å². The second-order valence-corrected chi connectivity index (χ2v) is 8.12. The maximum atomic E-state index is 13.3. The van der Waals surface area contributed by atoms with Gasteiger partial charge in [-0.2, -0.15) is 9.97 Å². The number of rotatable bonds is 6. The highest BCUT2D eigenvalue weighted by molar-refractivity contribution is 6.33. The summed E-state index contributed by atoms with van der Waals surface area (Å²) in [6, 6.07) is 0. The molecule has 0 atom stereocenters. The van der Waals surface area contributed by atoms with Gasteiger partial charge in [-0.05, 0) is 56.5 Å². The molecule has 0 saturated carbocycles. The van der Waals surface area contributed by atoms with Gasteiger partial charge < -0.3 is 10.6 Å². The number of halogens is 1. The minimum Gasteiger partial charge on any atom is -0.377 e. The van der Waals surface area contributed by atoms with Crippen LogP contribution in [-0.4, -0.2) is 42.1 Å². The van der Waals surface area contributed by atoms with Crippen LogP contribution in [0.4, 0.5) is 5.95 Å². The van der Waals surface area contributed by atoms with Gasteiger partial charge in [0.05, 0.1) is 12.2 Å². The van der Waals surface area contributed by atoms with Crippen molar-refractivity contribution in [2.75, 3.05) is 18.8 Å². The molecular weight excluding hydrogens is 402 g/mol. The summed E-state index contributed by atoms with van der Waals surface area (Å²) in [6.45, 7) is 8.84. The Morgan fingerprint density at radius 3 is 2.67 bits per heavy atom. The third-order valence-electron chi connectivity index (χ3n) is 5.86. The van der Waals surface area contributed by atoms with Gasteiger partial charge in [-0.1, -0.05) is 17.7 Å². The number of pyridine rings is 1. The summed E-state index contributed by atoms with van der Waals surface area (Å²) >= 11 is 6.40. The number of imidazole rings is 1. The third-order valence-corrected chi connectivity index (χ3v) is 6.13. The van der Waals surface area contributed by atoms with Crippen LogP contribution in [-0.2, 0) is 13.1 Å². The fraction of sp³-hybridized carbons (Fsp3) is 0.429. The summed E-state index contributed by atoms with van der Waals surface area (Å²) in [5.74, 6) is 0.0466. The van der Waals surface area contributed by atoms with Crippen LogP contribution < -0.4 is 11.4 Å². The van der Waals surface area contributed by atoms with Crippen LogP contribution in [0.1, 0.15) is 35.2 Å². The van der Waals surface area contributed by atoms with Crippen LogP contribution in [0.2, 0.25) is 5.15 Å². The molecule has 3 aromatic rings. The Bertz CT molecular complexity index is 1190. The predicted octanol–water partition coefficient (Wildman–Crippen LogP) is 2.81. The largest absolute Gasteiger partial charge is 0.377 e. The van der Waals surface area contributed by atoms with E-state index in [-0.39, 0.29) is 16.8 Å². The van der Waals surface area contributed by atoms with E-state index < -0.39 is 0 Å². The lowest BCUT2D eigenvalue weighted by molar-refractivity contribution is 0.384. The highest BCUT2D eigenvalue weighted by Crippen LogP contribution is 2.23. The van der Waals surface area contributed by atoms with E-state index in [0.29, 0.717) is 24.3 Å². The van der Waals surface area contributed by atoms with Crippen molar-refractivity contribution < 1.29 is 0 Å². The fourth-order valence-electron chi connectivity index (χ4n) is 3.88. The molecule has 0 amide bonds. The monoisotopic (exact) mass is 427 g/mol. The number of aryl methyl sites for hydroxylation is 2. The fourth-order valence-corrected chi connectivity index (χ4v) is 4.15. The summed E-state index contributed by atoms with van der Waals surface area (Å²) in [4.78, 5) is 28.6. The molecule has 1 aliphatic heterocycles. The van der Waals surface area contributed by atoms with E-state index in [1.807, 2.05) is 20.0 Å². The SMILES string of the molecule is Cc1cnc(Cn2c(=O)n(CCCN3C=CCC3)c3c(Cl)nc(N)nc32)c(C)c1C. The molecule has 4 heterocycles. The normalized spacial score (nSPS) is 13.7. The number of hydrogen-bond acceptors (Lipinski definition) is 6. The first kappa shape index (κ1) is 20.4. The Kier molecular flexibility index (Phi) is 5.51.